The zero-order chi connectivity index (χ0) is 16.5. The van der Waals surface area contributed by atoms with Crippen molar-refractivity contribution in [1.29, 1.82) is 5.26 Å². The van der Waals surface area contributed by atoms with Gasteiger partial charge in [0.2, 0.25) is 5.95 Å². The first-order valence-electron chi connectivity index (χ1n) is 7.00. The Morgan fingerprint density at radius 3 is 3.00 bits per heavy atom. The van der Waals surface area contributed by atoms with Gasteiger partial charge in [0.15, 0.2) is 16.9 Å². The van der Waals surface area contributed by atoms with Crippen LogP contribution in [0.2, 0.25) is 0 Å². The monoisotopic (exact) mass is 318 g/mol. The van der Waals surface area contributed by atoms with E-state index in [1.807, 2.05) is 0 Å². The van der Waals surface area contributed by atoms with E-state index >= 15 is 0 Å². The summed E-state index contributed by atoms with van der Waals surface area (Å²) in [5.41, 5.74) is 8.43. The van der Waals surface area contributed by atoms with E-state index in [-0.39, 0.29) is 5.95 Å². The highest BCUT2D eigenvalue weighted by Gasteiger charge is 2.17. The first-order valence-corrected chi connectivity index (χ1v) is 7.00. The third-order valence-corrected chi connectivity index (χ3v) is 3.39. The number of aromatic nitrogens is 6. The van der Waals surface area contributed by atoms with E-state index in [1.54, 1.807) is 41.4 Å². The molecule has 0 radical (unpaired) electrons. The molecule has 0 spiro atoms. The van der Waals surface area contributed by atoms with Crippen LogP contribution in [0.15, 0.2) is 41.1 Å². The normalized spacial score (nSPS) is 10.8. The quantitative estimate of drug-likeness (QED) is 0.599. The minimum atomic E-state index is 0.0937. The second-order valence-corrected chi connectivity index (χ2v) is 4.97. The highest BCUT2D eigenvalue weighted by atomic mass is 16.3. The number of furan rings is 1. The van der Waals surface area contributed by atoms with Crippen LogP contribution in [0, 0.1) is 11.3 Å². The lowest BCUT2D eigenvalue weighted by molar-refractivity contribution is 0.580. The predicted octanol–water partition coefficient (Wildman–Crippen LogP) is 1.38. The van der Waals surface area contributed by atoms with Crippen LogP contribution in [-0.2, 0) is 6.54 Å². The summed E-state index contributed by atoms with van der Waals surface area (Å²) >= 11 is 0. The van der Waals surface area contributed by atoms with Crippen LogP contribution >= 0.6 is 0 Å². The average molecular weight is 318 g/mol. The number of rotatable bonds is 3. The van der Waals surface area contributed by atoms with Crippen LogP contribution in [0.3, 0.4) is 0 Å². The Balaban J connectivity index is 1.82. The molecule has 24 heavy (non-hydrogen) atoms. The molecule has 4 aromatic heterocycles. The Morgan fingerprint density at radius 2 is 2.21 bits per heavy atom. The Hall–Kier alpha value is -3.80. The summed E-state index contributed by atoms with van der Waals surface area (Å²) in [7, 11) is 0. The van der Waals surface area contributed by atoms with Crippen LogP contribution in [0.4, 0.5) is 5.95 Å². The number of anilines is 1. The molecule has 4 heterocycles. The molecule has 2 N–H and O–H groups in total. The molecule has 116 valence electrons. The predicted molar refractivity (Wildman–Crippen MR) is 83.3 cm³/mol. The molecule has 0 amide bonds. The highest BCUT2D eigenvalue weighted by Crippen LogP contribution is 2.25. The number of hydrogen-bond acceptors (Lipinski definition) is 8. The Kier molecular flexibility index (Phi) is 3.13. The number of pyridine rings is 1. The molecule has 0 aromatic carbocycles. The fourth-order valence-corrected chi connectivity index (χ4v) is 2.35. The van der Waals surface area contributed by atoms with Gasteiger partial charge in [0.05, 0.1) is 30.1 Å². The molecule has 0 unspecified atom stereocenters. The van der Waals surface area contributed by atoms with Gasteiger partial charge in [0.1, 0.15) is 5.69 Å². The van der Waals surface area contributed by atoms with Crippen molar-refractivity contribution in [2.75, 3.05) is 5.73 Å². The molecule has 0 aliphatic heterocycles. The lowest BCUT2D eigenvalue weighted by Crippen LogP contribution is -2.06. The summed E-state index contributed by atoms with van der Waals surface area (Å²) in [4.78, 5) is 12.6. The van der Waals surface area contributed by atoms with Gasteiger partial charge in [-0.15, -0.1) is 5.10 Å². The highest BCUT2D eigenvalue weighted by molar-refractivity contribution is 5.85. The third-order valence-electron chi connectivity index (χ3n) is 3.39. The minimum absolute atomic E-state index is 0.0937. The van der Waals surface area contributed by atoms with E-state index in [0.717, 1.165) is 0 Å². The van der Waals surface area contributed by atoms with E-state index in [0.29, 0.717) is 40.4 Å². The molecule has 9 heteroatoms. The van der Waals surface area contributed by atoms with Gasteiger partial charge in [-0.05, 0) is 24.3 Å². The molecule has 0 saturated heterocycles. The second-order valence-electron chi connectivity index (χ2n) is 4.97. The van der Waals surface area contributed by atoms with Crippen LogP contribution in [0.1, 0.15) is 11.3 Å². The minimum Gasteiger partial charge on any atom is -0.463 e. The van der Waals surface area contributed by atoms with Crippen molar-refractivity contribution in [3.05, 3.63) is 48.0 Å². The van der Waals surface area contributed by atoms with Gasteiger partial charge in [0, 0.05) is 6.20 Å². The molecule has 0 atom stereocenters. The molecule has 9 nitrogen and oxygen atoms in total. The fourth-order valence-electron chi connectivity index (χ4n) is 2.35. The van der Waals surface area contributed by atoms with Crippen molar-refractivity contribution in [2.45, 2.75) is 6.54 Å². The van der Waals surface area contributed by atoms with Gasteiger partial charge in [0.25, 0.3) is 0 Å². The summed E-state index contributed by atoms with van der Waals surface area (Å²) in [6, 6.07) is 8.91. The van der Waals surface area contributed by atoms with Crippen LogP contribution in [-0.4, -0.2) is 29.9 Å². The van der Waals surface area contributed by atoms with Crippen molar-refractivity contribution in [3.63, 3.8) is 0 Å². The number of nitrogens with two attached hydrogens (primary N) is 1. The Morgan fingerprint density at radius 1 is 1.29 bits per heavy atom. The van der Waals surface area contributed by atoms with Crippen LogP contribution in [0.25, 0.3) is 22.6 Å². The van der Waals surface area contributed by atoms with Gasteiger partial charge in [-0.2, -0.15) is 10.2 Å². The summed E-state index contributed by atoms with van der Waals surface area (Å²) in [6.45, 7) is 0.306. The zero-order valence-electron chi connectivity index (χ0n) is 12.3. The molecule has 4 rings (SSSR count). The first-order chi connectivity index (χ1) is 11.7. The maximum atomic E-state index is 8.98. The average Bonchev–Trinajstić information content (AvgIpc) is 3.25. The smallest absolute Gasteiger partial charge is 0.222 e. The van der Waals surface area contributed by atoms with Crippen molar-refractivity contribution in [3.8, 4) is 17.5 Å². The Bertz CT molecular complexity index is 1060. The molecule has 0 saturated carbocycles. The van der Waals surface area contributed by atoms with Gasteiger partial charge < -0.3 is 10.2 Å². The topological polar surface area (TPSA) is 132 Å². The van der Waals surface area contributed by atoms with Gasteiger partial charge >= 0.3 is 0 Å². The number of nitriles is 1. The van der Waals surface area contributed by atoms with Crippen LogP contribution < -0.4 is 5.73 Å². The Labute approximate surface area is 135 Å². The van der Waals surface area contributed by atoms with Crippen molar-refractivity contribution in [1.82, 2.24) is 29.9 Å². The lowest BCUT2D eigenvalue weighted by Gasteiger charge is -2.03. The van der Waals surface area contributed by atoms with Gasteiger partial charge in [-0.25, -0.2) is 9.67 Å². The summed E-state index contributed by atoms with van der Waals surface area (Å²) in [6.07, 6.45) is 3.12. The third kappa shape index (κ3) is 2.32. The fraction of sp³-hybridized carbons (Fsp3) is 0.0667. The molecule has 0 bridgehead atoms. The van der Waals surface area contributed by atoms with Gasteiger partial charge in [-0.1, -0.05) is 5.21 Å². The van der Waals surface area contributed by atoms with E-state index in [9.17, 15) is 0 Å². The molecule has 0 aliphatic carbocycles. The largest absolute Gasteiger partial charge is 0.463 e. The first kappa shape index (κ1) is 13.8. The number of fused-ring (bicyclic) bond motifs is 1. The summed E-state index contributed by atoms with van der Waals surface area (Å²) in [5, 5.41) is 17.2. The molecular weight excluding hydrogens is 308 g/mol. The standard InChI is InChI=1S/C15H10N8O/c16-7-9-3-4-18-10(6-9)8-23-14-13(21-22-23)12(19-15(17)20-14)11-2-1-5-24-11/h1-6H,8H2,(H2,17,19,20). The van der Waals surface area contributed by atoms with E-state index in [2.05, 4.69) is 31.3 Å². The van der Waals surface area contributed by atoms with E-state index in [4.69, 9.17) is 15.4 Å². The molecule has 0 fully saturated rings. The molecule has 0 aliphatic rings. The maximum Gasteiger partial charge on any atom is 0.222 e. The van der Waals surface area contributed by atoms with Crippen molar-refractivity contribution >= 4 is 17.1 Å². The number of nitrogen functional groups attached to an aromatic ring is 1. The molecular formula is C15H10N8O. The van der Waals surface area contributed by atoms with E-state index < -0.39 is 0 Å². The maximum absolute atomic E-state index is 8.98. The zero-order valence-corrected chi connectivity index (χ0v) is 12.3. The SMILES string of the molecule is N#Cc1ccnc(Cn2nnc3c(-c4ccco4)nc(N)nc32)c1. The second kappa shape index (κ2) is 5.44. The van der Waals surface area contributed by atoms with Crippen LogP contribution in [0.5, 0.6) is 0 Å². The number of hydrogen-bond donors (Lipinski definition) is 1. The van der Waals surface area contributed by atoms with Crippen molar-refractivity contribution in [2.24, 2.45) is 0 Å². The van der Waals surface area contributed by atoms with Gasteiger partial charge in [-0.3, -0.25) is 4.98 Å². The number of nitrogens with zero attached hydrogens (tertiary/aromatic N) is 7. The lowest BCUT2D eigenvalue weighted by atomic mass is 10.2. The van der Waals surface area contributed by atoms with E-state index in [1.165, 1.54) is 0 Å². The summed E-state index contributed by atoms with van der Waals surface area (Å²) in [5.74, 6) is 0.627. The summed E-state index contributed by atoms with van der Waals surface area (Å²) < 4.78 is 6.93. The van der Waals surface area contributed by atoms with Crippen molar-refractivity contribution < 1.29 is 4.42 Å². The molecule has 4 aromatic rings.